The lowest BCUT2D eigenvalue weighted by Crippen LogP contribution is -2.27. The second-order valence-electron chi connectivity index (χ2n) is 5.66. The molecule has 140 valence electrons. The minimum atomic E-state index is -3.80. The van der Waals surface area contributed by atoms with Crippen LogP contribution in [0, 0.1) is 0 Å². The van der Waals surface area contributed by atoms with Gasteiger partial charge in [0.15, 0.2) is 0 Å². The van der Waals surface area contributed by atoms with E-state index in [2.05, 4.69) is 10.0 Å². The van der Waals surface area contributed by atoms with E-state index in [0.717, 1.165) is 5.56 Å². The highest BCUT2D eigenvalue weighted by Gasteiger charge is 2.20. The number of nitrogens with one attached hydrogen (secondary N) is 2. The highest BCUT2D eigenvalue weighted by molar-refractivity contribution is 7.89. The van der Waals surface area contributed by atoms with E-state index in [1.54, 1.807) is 38.1 Å². The van der Waals surface area contributed by atoms with Crippen LogP contribution in [0.4, 0.5) is 5.69 Å². The number of carbonyl (C=O) groups is 1. The summed E-state index contributed by atoms with van der Waals surface area (Å²) in [6.45, 7) is 3.45. The van der Waals surface area contributed by atoms with Crippen LogP contribution in [0.1, 0.15) is 31.9 Å². The number of hydrogen-bond donors (Lipinski definition) is 2. The van der Waals surface area contributed by atoms with Crippen LogP contribution in [0.15, 0.2) is 47.4 Å². The summed E-state index contributed by atoms with van der Waals surface area (Å²) >= 11 is 5.86. The van der Waals surface area contributed by atoms with E-state index in [-0.39, 0.29) is 17.2 Å². The Labute approximate surface area is 158 Å². The summed E-state index contributed by atoms with van der Waals surface area (Å²) < 4.78 is 33.2. The zero-order chi connectivity index (χ0) is 19.3. The van der Waals surface area contributed by atoms with Gasteiger partial charge in [0, 0.05) is 17.5 Å². The first-order valence-electron chi connectivity index (χ1n) is 8.02. The predicted octanol–water partition coefficient (Wildman–Crippen LogP) is 3.74. The van der Waals surface area contributed by atoms with Crippen LogP contribution in [0.25, 0.3) is 0 Å². The number of anilines is 1. The molecule has 0 spiro atoms. The Morgan fingerprint density at radius 3 is 2.42 bits per heavy atom. The van der Waals surface area contributed by atoms with E-state index in [1.807, 2.05) is 0 Å². The maximum atomic E-state index is 12.7. The first kappa shape index (κ1) is 20.2. The van der Waals surface area contributed by atoms with Crippen molar-refractivity contribution in [1.29, 1.82) is 0 Å². The lowest BCUT2D eigenvalue weighted by molar-refractivity contribution is -0.115. The van der Waals surface area contributed by atoms with Crippen LogP contribution in [0.2, 0.25) is 5.02 Å². The molecule has 1 atom stereocenters. The van der Waals surface area contributed by atoms with E-state index in [9.17, 15) is 13.2 Å². The number of rotatable bonds is 7. The number of methoxy groups -OCH3 is 1. The molecular formula is C18H21ClN2O4S. The molecule has 2 aromatic rings. The molecule has 2 aromatic carbocycles. The number of benzene rings is 2. The quantitative estimate of drug-likeness (QED) is 0.746. The Bertz CT molecular complexity index is 883. The highest BCUT2D eigenvalue weighted by atomic mass is 35.5. The summed E-state index contributed by atoms with van der Waals surface area (Å²) in [5.74, 6) is 0.150. The Morgan fingerprint density at radius 1 is 1.19 bits per heavy atom. The molecule has 0 unspecified atom stereocenters. The van der Waals surface area contributed by atoms with Gasteiger partial charge in [0.1, 0.15) is 5.75 Å². The van der Waals surface area contributed by atoms with Gasteiger partial charge in [-0.3, -0.25) is 4.79 Å². The second-order valence-corrected chi connectivity index (χ2v) is 7.81. The van der Waals surface area contributed by atoms with Crippen molar-refractivity contribution in [2.45, 2.75) is 31.2 Å². The fourth-order valence-corrected chi connectivity index (χ4v) is 3.69. The first-order valence-corrected chi connectivity index (χ1v) is 9.88. The molecule has 2 rings (SSSR count). The Balaban J connectivity index is 2.28. The van der Waals surface area contributed by atoms with Gasteiger partial charge in [-0.05, 0) is 42.8 Å². The standard InChI is InChI=1S/C18H21ClN2O4S/c1-4-18(22)20-16-11-15(9-10-17(16)25-3)26(23,24)21-12(2)13-5-7-14(19)8-6-13/h5-12,21H,4H2,1-3H3,(H,20,22)/t12-/m0/s1. The number of carbonyl (C=O) groups excluding carboxylic acids is 1. The van der Waals surface area contributed by atoms with Crippen molar-refractivity contribution in [3.63, 3.8) is 0 Å². The average molecular weight is 397 g/mol. The van der Waals surface area contributed by atoms with Crippen LogP contribution in [0.3, 0.4) is 0 Å². The lowest BCUT2D eigenvalue weighted by Gasteiger charge is -2.16. The van der Waals surface area contributed by atoms with E-state index >= 15 is 0 Å². The molecule has 8 heteroatoms. The summed E-state index contributed by atoms with van der Waals surface area (Å²) in [7, 11) is -2.35. The van der Waals surface area contributed by atoms with Crippen LogP contribution in [-0.4, -0.2) is 21.4 Å². The van der Waals surface area contributed by atoms with Gasteiger partial charge in [-0.2, -0.15) is 0 Å². The lowest BCUT2D eigenvalue weighted by atomic mass is 10.1. The maximum absolute atomic E-state index is 12.7. The molecular weight excluding hydrogens is 376 g/mol. The SMILES string of the molecule is CCC(=O)Nc1cc(S(=O)(=O)N[C@@H](C)c2ccc(Cl)cc2)ccc1OC. The van der Waals surface area contributed by atoms with Crippen molar-refractivity contribution in [1.82, 2.24) is 4.72 Å². The molecule has 0 heterocycles. The minimum absolute atomic E-state index is 0.0329. The molecule has 1 amide bonds. The van der Waals surface area contributed by atoms with Crippen molar-refractivity contribution >= 4 is 33.2 Å². The Hall–Kier alpha value is -2.09. The number of halogens is 1. The van der Waals surface area contributed by atoms with Gasteiger partial charge < -0.3 is 10.1 Å². The Morgan fingerprint density at radius 2 is 1.85 bits per heavy atom. The smallest absolute Gasteiger partial charge is 0.241 e. The van der Waals surface area contributed by atoms with Crippen LogP contribution < -0.4 is 14.8 Å². The normalized spacial score (nSPS) is 12.5. The molecule has 0 aliphatic carbocycles. The zero-order valence-electron chi connectivity index (χ0n) is 14.7. The molecule has 26 heavy (non-hydrogen) atoms. The predicted molar refractivity (Wildman–Crippen MR) is 102 cm³/mol. The zero-order valence-corrected chi connectivity index (χ0v) is 16.3. The van der Waals surface area contributed by atoms with E-state index in [0.29, 0.717) is 16.5 Å². The molecule has 0 aliphatic heterocycles. The number of sulfonamides is 1. The molecule has 0 bridgehead atoms. The number of amides is 1. The monoisotopic (exact) mass is 396 g/mol. The third-order valence-corrected chi connectivity index (χ3v) is 5.57. The maximum Gasteiger partial charge on any atom is 0.241 e. The van der Waals surface area contributed by atoms with Crippen molar-refractivity contribution in [2.75, 3.05) is 12.4 Å². The molecule has 0 aromatic heterocycles. The highest BCUT2D eigenvalue weighted by Crippen LogP contribution is 2.28. The molecule has 0 aliphatic rings. The third-order valence-electron chi connectivity index (χ3n) is 3.78. The van der Waals surface area contributed by atoms with Crippen molar-refractivity contribution < 1.29 is 17.9 Å². The minimum Gasteiger partial charge on any atom is -0.495 e. The fourth-order valence-electron chi connectivity index (χ4n) is 2.31. The largest absolute Gasteiger partial charge is 0.495 e. The summed E-state index contributed by atoms with van der Waals surface area (Å²) in [6.07, 6.45) is 0.270. The van der Waals surface area contributed by atoms with Gasteiger partial charge >= 0.3 is 0 Å². The summed E-state index contributed by atoms with van der Waals surface area (Å²) in [6, 6.07) is 10.8. The molecule has 2 N–H and O–H groups in total. The molecule has 6 nitrogen and oxygen atoms in total. The van der Waals surface area contributed by atoms with Gasteiger partial charge in [-0.25, -0.2) is 13.1 Å². The van der Waals surface area contributed by atoms with Crippen molar-refractivity contribution in [3.8, 4) is 5.75 Å². The summed E-state index contributed by atoms with van der Waals surface area (Å²) in [4.78, 5) is 11.7. The van der Waals surface area contributed by atoms with Crippen molar-refractivity contribution in [2.24, 2.45) is 0 Å². The van der Waals surface area contributed by atoms with Gasteiger partial charge in [-0.15, -0.1) is 0 Å². The van der Waals surface area contributed by atoms with Crippen molar-refractivity contribution in [3.05, 3.63) is 53.1 Å². The van der Waals surface area contributed by atoms with Gasteiger partial charge in [0.25, 0.3) is 0 Å². The van der Waals surface area contributed by atoms with Crippen LogP contribution in [0.5, 0.6) is 5.75 Å². The number of hydrogen-bond acceptors (Lipinski definition) is 4. The summed E-state index contributed by atoms with van der Waals surface area (Å²) in [5.41, 5.74) is 1.09. The van der Waals surface area contributed by atoms with Gasteiger partial charge in [0.05, 0.1) is 17.7 Å². The van der Waals surface area contributed by atoms with E-state index in [1.165, 1.54) is 25.3 Å². The Kier molecular flexibility index (Phi) is 6.63. The first-order chi connectivity index (χ1) is 12.3. The molecule has 0 radical (unpaired) electrons. The van der Waals surface area contributed by atoms with Gasteiger partial charge in [-0.1, -0.05) is 30.7 Å². The van der Waals surface area contributed by atoms with Gasteiger partial charge in [0.2, 0.25) is 15.9 Å². The van der Waals surface area contributed by atoms with E-state index in [4.69, 9.17) is 16.3 Å². The molecule has 0 fully saturated rings. The average Bonchev–Trinajstić information content (AvgIpc) is 2.61. The fraction of sp³-hybridized carbons (Fsp3) is 0.278. The van der Waals surface area contributed by atoms with E-state index < -0.39 is 16.1 Å². The summed E-state index contributed by atoms with van der Waals surface area (Å²) in [5, 5.41) is 3.22. The van der Waals surface area contributed by atoms with Crippen LogP contribution in [-0.2, 0) is 14.8 Å². The second kappa shape index (κ2) is 8.53. The third kappa shape index (κ3) is 4.97. The molecule has 0 saturated heterocycles. The number of ether oxygens (including phenoxy) is 1. The van der Waals surface area contributed by atoms with Crippen LogP contribution >= 0.6 is 11.6 Å². The molecule has 0 saturated carbocycles. The topological polar surface area (TPSA) is 84.5 Å².